The standard InChI is InChI=1S/C6H8N/c1-6(2)4-3-5-7/h1H,3-4H2,2H3. The van der Waals surface area contributed by atoms with Crippen molar-refractivity contribution in [1.82, 2.24) is 0 Å². The molecule has 0 saturated heterocycles. The Morgan fingerprint density at radius 3 is 2.57 bits per heavy atom. The van der Waals surface area contributed by atoms with E-state index in [1.807, 2.05) is 13.0 Å². The summed E-state index contributed by atoms with van der Waals surface area (Å²) in [4.78, 5) is 0. The van der Waals surface area contributed by atoms with Crippen LogP contribution in [0.25, 0.3) is 0 Å². The van der Waals surface area contributed by atoms with Gasteiger partial charge in [-0.25, -0.2) is 0 Å². The third-order valence-corrected chi connectivity index (χ3v) is 0.631. The fraction of sp³-hybridized carbons (Fsp3) is 0.500. The summed E-state index contributed by atoms with van der Waals surface area (Å²) in [5.41, 5.74) is 0.835. The van der Waals surface area contributed by atoms with Crippen molar-refractivity contribution in [2.24, 2.45) is 0 Å². The minimum Gasteiger partial charge on any atom is -0.198 e. The Balaban J connectivity index is 3.02. The van der Waals surface area contributed by atoms with Crippen molar-refractivity contribution in [2.75, 3.05) is 0 Å². The predicted molar refractivity (Wildman–Crippen MR) is 28.3 cm³/mol. The van der Waals surface area contributed by atoms with Crippen LogP contribution in [-0.2, 0) is 0 Å². The number of hydrogen-bond acceptors (Lipinski definition) is 1. The van der Waals surface area contributed by atoms with Gasteiger partial charge in [0.1, 0.15) is 0 Å². The SMILES string of the molecule is [CH]=C(C)CCC#N. The highest BCUT2D eigenvalue weighted by molar-refractivity contribution is 4.88. The van der Waals surface area contributed by atoms with Crippen LogP contribution in [0.3, 0.4) is 0 Å². The lowest BCUT2D eigenvalue weighted by atomic mass is 10.2. The van der Waals surface area contributed by atoms with Crippen LogP contribution in [0, 0.1) is 17.9 Å². The largest absolute Gasteiger partial charge is 0.198 e. The Morgan fingerprint density at radius 1 is 1.86 bits per heavy atom. The Morgan fingerprint density at radius 2 is 2.43 bits per heavy atom. The van der Waals surface area contributed by atoms with Crippen LogP contribution in [0.5, 0.6) is 0 Å². The fourth-order valence-corrected chi connectivity index (χ4v) is 0.253. The average Bonchev–Trinajstić information content (AvgIpc) is 1.61. The van der Waals surface area contributed by atoms with E-state index in [1.165, 1.54) is 0 Å². The molecule has 0 bridgehead atoms. The van der Waals surface area contributed by atoms with E-state index in [0.717, 1.165) is 12.0 Å². The number of nitrogens with zero attached hydrogens (tertiary/aromatic N) is 1. The maximum absolute atomic E-state index is 8.00. The molecular weight excluding hydrogens is 86.1 g/mol. The van der Waals surface area contributed by atoms with Crippen molar-refractivity contribution in [1.29, 1.82) is 5.26 Å². The maximum atomic E-state index is 8.00. The lowest BCUT2D eigenvalue weighted by Crippen LogP contribution is -1.69. The van der Waals surface area contributed by atoms with Gasteiger partial charge in [-0.1, -0.05) is 12.2 Å². The highest BCUT2D eigenvalue weighted by Crippen LogP contribution is 1.96. The summed E-state index contributed by atoms with van der Waals surface area (Å²) >= 11 is 0. The quantitative estimate of drug-likeness (QED) is 0.510. The van der Waals surface area contributed by atoms with Gasteiger partial charge in [0, 0.05) is 6.42 Å². The van der Waals surface area contributed by atoms with Crippen LogP contribution in [0.1, 0.15) is 19.8 Å². The summed E-state index contributed by atoms with van der Waals surface area (Å²) in [5.74, 6) is 0. The normalized spacial score (nSPS) is 7.43. The molecule has 0 N–H and O–H groups in total. The summed E-state index contributed by atoms with van der Waals surface area (Å²) in [6.07, 6.45) is 1.28. The van der Waals surface area contributed by atoms with Crippen molar-refractivity contribution >= 4 is 0 Å². The Labute approximate surface area is 44.3 Å². The number of rotatable bonds is 2. The molecule has 0 fully saturated rings. The van der Waals surface area contributed by atoms with Crippen LogP contribution in [0.4, 0.5) is 0 Å². The van der Waals surface area contributed by atoms with E-state index in [-0.39, 0.29) is 0 Å². The van der Waals surface area contributed by atoms with Gasteiger partial charge in [-0.3, -0.25) is 0 Å². The molecule has 0 rings (SSSR count). The molecule has 0 aliphatic carbocycles. The van der Waals surface area contributed by atoms with Crippen LogP contribution < -0.4 is 0 Å². The number of hydrogen-bond donors (Lipinski definition) is 0. The first-order chi connectivity index (χ1) is 3.27. The molecule has 0 aromatic carbocycles. The molecule has 1 radical (unpaired) electrons. The Bertz CT molecular complexity index is 97.2. The summed E-state index contributed by atoms with van der Waals surface area (Å²) < 4.78 is 0. The lowest BCUT2D eigenvalue weighted by molar-refractivity contribution is 0.990. The van der Waals surface area contributed by atoms with E-state index in [9.17, 15) is 0 Å². The predicted octanol–water partition coefficient (Wildman–Crippen LogP) is 1.67. The van der Waals surface area contributed by atoms with E-state index < -0.39 is 0 Å². The highest BCUT2D eigenvalue weighted by atomic mass is 14.2. The van der Waals surface area contributed by atoms with Crippen molar-refractivity contribution in [3.63, 3.8) is 0 Å². The molecule has 7 heavy (non-hydrogen) atoms. The average molecular weight is 94.1 g/mol. The van der Waals surface area contributed by atoms with E-state index in [1.54, 1.807) is 0 Å². The van der Waals surface area contributed by atoms with Crippen molar-refractivity contribution in [3.8, 4) is 6.07 Å². The molecule has 0 amide bonds. The Hall–Kier alpha value is -0.770. The van der Waals surface area contributed by atoms with Gasteiger partial charge in [0.25, 0.3) is 0 Å². The molecule has 0 spiro atoms. The van der Waals surface area contributed by atoms with Gasteiger partial charge in [0.05, 0.1) is 6.07 Å². The zero-order valence-electron chi connectivity index (χ0n) is 4.44. The third-order valence-electron chi connectivity index (χ3n) is 0.631. The molecule has 0 aromatic heterocycles. The second-order valence-electron chi connectivity index (χ2n) is 1.50. The van der Waals surface area contributed by atoms with E-state index in [4.69, 9.17) is 11.8 Å². The lowest BCUT2D eigenvalue weighted by Gasteiger charge is -1.85. The zero-order valence-corrected chi connectivity index (χ0v) is 4.44. The molecule has 0 atom stereocenters. The molecule has 0 saturated carbocycles. The van der Waals surface area contributed by atoms with Crippen LogP contribution >= 0.6 is 0 Å². The summed E-state index contributed by atoms with van der Waals surface area (Å²) in [6.45, 7) is 7.06. The minimum atomic E-state index is 0.544. The van der Waals surface area contributed by atoms with E-state index >= 15 is 0 Å². The van der Waals surface area contributed by atoms with Gasteiger partial charge in [-0.2, -0.15) is 5.26 Å². The van der Waals surface area contributed by atoms with Gasteiger partial charge in [0.15, 0.2) is 0 Å². The topological polar surface area (TPSA) is 23.8 Å². The zero-order chi connectivity index (χ0) is 5.70. The second-order valence-corrected chi connectivity index (χ2v) is 1.50. The van der Waals surface area contributed by atoms with Gasteiger partial charge in [0.2, 0.25) is 0 Å². The fourth-order valence-electron chi connectivity index (χ4n) is 0.253. The molecule has 0 aliphatic heterocycles. The smallest absolute Gasteiger partial charge is 0.0625 e. The highest BCUT2D eigenvalue weighted by Gasteiger charge is 1.81. The van der Waals surface area contributed by atoms with Crippen molar-refractivity contribution < 1.29 is 0 Å². The van der Waals surface area contributed by atoms with E-state index in [0.29, 0.717) is 6.42 Å². The van der Waals surface area contributed by atoms with Gasteiger partial charge in [-0.05, 0) is 13.3 Å². The van der Waals surface area contributed by atoms with Gasteiger partial charge < -0.3 is 0 Å². The van der Waals surface area contributed by atoms with Crippen LogP contribution in [0.2, 0.25) is 0 Å². The first kappa shape index (κ1) is 6.23. The molecule has 0 aliphatic rings. The first-order valence-corrected chi connectivity index (χ1v) is 2.22. The van der Waals surface area contributed by atoms with Crippen LogP contribution in [0.15, 0.2) is 5.57 Å². The molecule has 0 unspecified atom stereocenters. The first-order valence-electron chi connectivity index (χ1n) is 2.22. The third kappa shape index (κ3) is 5.23. The number of allylic oxidation sites excluding steroid dienone is 1. The monoisotopic (exact) mass is 94.1 g/mol. The van der Waals surface area contributed by atoms with E-state index in [2.05, 4.69) is 0 Å². The Kier molecular flexibility index (Phi) is 3.04. The molecule has 1 heteroatoms. The maximum Gasteiger partial charge on any atom is 0.0625 e. The number of nitriles is 1. The van der Waals surface area contributed by atoms with Gasteiger partial charge in [-0.15, -0.1) is 0 Å². The summed E-state index contributed by atoms with van der Waals surface area (Å²) in [7, 11) is 0. The van der Waals surface area contributed by atoms with Crippen LogP contribution in [-0.4, -0.2) is 0 Å². The van der Waals surface area contributed by atoms with Crippen molar-refractivity contribution in [3.05, 3.63) is 12.2 Å². The van der Waals surface area contributed by atoms with Gasteiger partial charge >= 0.3 is 0 Å². The molecular formula is C6H8N. The molecule has 0 aromatic rings. The summed E-state index contributed by atoms with van der Waals surface area (Å²) in [5, 5.41) is 8.00. The molecule has 0 heterocycles. The molecule has 37 valence electrons. The second kappa shape index (κ2) is 3.42. The van der Waals surface area contributed by atoms with Crippen molar-refractivity contribution in [2.45, 2.75) is 19.8 Å². The molecule has 1 nitrogen and oxygen atoms in total. The minimum absolute atomic E-state index is 0.544. The summed E-state index contributed by atoms with van der Waals surface area (Å²) in [6, 6.07) is 2.00.